The third-order valence-electron chi connectivity index (χ3n) is 2.46. The molecule has 98 valence electrons. The van der Waals surface area contributed by atoms with Crippen LogP contribution in [0.1, 0.15) is 33.6 Å². The van der Waals surface area contributed by atoms with E-state index in [2.05, 4.69) is 4.89 Å². The zero-order valence-corrected chi connectivity index (χ0v) is 10.7. The van der Waals surface area contributed by atoms with E-state index < -0.39 is 16.4 Å². The van der Waals surface area contributed by atoms with Crippen LogP contribution in [0.15, 0.2) is 0 Å². The van der Waals surface area contributed by atoms with Crippen molar-refractivity contribution < 1.29 is 27.9 Å². The number of ether oxygens (including phenoxy) is 1. The molecule has 0 radical (unpaired) electrons. The minimum Gasteiger partial charge on any atom is -0.349 e. The molecule has 1 unspecified atom stereocenters. The Balaban J connectivity index is 3.98. The molecule has 0 aromatic rings. The summed E-state index contributed by atoms with van der Waals surface area (Å²) in [6.45, 7) is 5.73. The van der Waals surface area contributed by atoms with Crippen molar-refractivity contribution in [3.05, 3.63) is 0 Å². The van der Waals surface area contributed by atoms with E-state index in [4.69, 9.17) is 14.5 Å². The van der Waals surface area contributed by atoms with Gasteiger partial charge in [0.05, 0.1) is 12.4 Å². The molecule has 0 fully saturated rings. The van der Waals surface area contributed by atoms with Gasteiger partial charge in [-0.3, -0.25) is 4.55 Å². The number of hydrogen-bond acceptors (Lipinski definition) is 5. The Morgan fingerprint density at radius 1 is 1.38 bits per heavy atom. The molecule has 7 heteroatoms. The highest BCUT2D eigenvalue weighted by atomic mass is 32.2. The van der Waals surface area contributed by atoms with E-state index in [1.54, 1.807) is 0 Å². The highest BCUT2D eigenvalue weighted by molar-refractivity contribution is 7.85. The lowest BCUT2D eigenvalue weighted by Crippen LogP contribution is -2.33. The molecular weight excluding hydrogens is 236 g/mol. The molecule has 0 amide bonds. The van der Waals surface area contributed by atoms with Gasteiger partial charge in [0, 0.05) is 5.41 Å². The van der Waals surface area contributed by atoms with Crippen LogP contribution in [0, 0.1) is 5.41 Å². The van der Waals surface area contributed by atoms with Crippen molar-refractivity contribution in [2.45, 2.75) is 39.9 Å². The van der Waals surface area contributed by atoms with Gasteiger partial charge in [0.2, 0.25) is 0 Å². The maximum absolute atomic E-state index is 10.4. The lowest BCUT2D eigenvalue weighted by Gasteiger charge is -2.30. The van der Waals surface area contributed by atoms with Crippen LogP contribution in [0.3, 0.4) is 0 Å². The molecule has 16 heavy (non-hydrogen) atoms. The molecule has 0 rings (SSSR count). The first kappa shape index (κ1) is 15.8. The van der Waals surface area contributed by atoms with Crippen LogP contribution in [-0.4, -0.2) is 36.9 Å². The fourth-order valence-electron chi connectivity index (χ4n) is 0.997. The quantitative estimate of drug-likeness (QED) is 0.225. The van der Waals surface area contributed by atoms with E-state index >= 15 is 0 Å². The molecule has 0 spiro atoms. The lowest BCUT2D eigenvalue weighted by molar-refractivity contribution is -0.372. The standard InChI is InChI=1S/C9H20O6S/c1-4-9(2,3)8(15-10)14-6-5-7-16(11,12)13/h8,10H,4-7H2,1-3H3,(H,11,12,13). The molecule has 6 nitrogen and oxygen atoms in total. The molecule has 0 aromatic heterocycles. The van der Waals surface area contributed by atoms with Crippen molar-refractivity contribution >= 4 is 10.1 Å². The van der Waals surface area contributed by atoms with Gasteiger partial charge in [-0.1, -0.05) is 20.8 Å². The maximum Gasteiger partial charge on any atom is 0.264 e. The van der Waals surface area contributed by atoms with Crippen molar-refractivity contribution in [1.29, 1.82) is 0 Å². The fraction of sp³-hybridized carbons (Fsp3) is 1.00. The van der Waals surface area contributed by atoms with Gasteiger partial charge in [0.25, 0.3) is 10.1 Å². The Morgan fingerprint density at radius 2 is 1.94 bits per heavy atom. The van der Waals surface area contributed by atoms with Crippen LogP contribution in [0.5, 0.6) is 0 Å². The first-order valence-corrected chi connectivity index (χ1v) is 6.71. The second-order valence-corrected chi connectivity index (χ2v) is 5.86. The average molecular weight is 256 g/mol. The molecule has 0 saturated carbocycles. The molecular formula is C9H20O6S. The maximum atomic E-state index is 10.4. The van der Waals surface area contributed by atoms with Crippen molar-refractivity contribution in [2.75, 3.05) is 12.4 Å². The average Bonchev–Trinajstić information content (AvgIpc) is 2.16. The summed E-state index contributed by atoms with van der Waals surface area (Å²) in [4.78, 5) is 4.20. The first-order chi connectivity index (χ1) is 7.23. The van der Waals surface area contributed by atoms with Gasteiger partial charge in [-0.15, -0.1) is 0 Å². The Morgan fingerprint density at radius 3 is 2.31 bits per heavy atom. The van der Waals surface area contributed by atoms with Gasteiger partial charge in [-0.2, -0.15) is 8.42 Å². The lowest BCUT2D eigenvalue weighted by atomic mass is 9.89. The van der Waals surface area contributed by atoms with Crippen LogP contribution in [0.2, 0.25) is 0 Å². The summed E-state index contributed by atoms with van der Waals surface area (Å²) in [6.07, 6.45) is 0.0774. The zero-order chi connectivity index (χ0) is 12.8. The molecule has 0 bridgehead atoms. The summed E-state index contributed by atoms with van der Waals surface area (Å²) in [5.74, 6) is -0.363. The Bertz CT molecular complexity index is 284. The molecule has 0 saturated heterocycles. The van der Waals surface area contributed by atoms with Crippen LogP contribution in [0.25, 0.3) is 0 Å². The zero-order valence-electron chi connectivity index (χ0n) is 9.84. The number of rotatable bonds is 8. The van der Waals surface area contributed by atoms with Crippen molar-refractivity contribution in [3.63, 3.8) is 0 Å². The van der Waals surface area contributed by atoms with E-state index in [1.165, 1.54) is 0 Å². The summed E-state index contributed by atoms with van der Waals surface area (Å²) in [5, 5.41) is 8.66. The summed E-state index contributed by atoms with van der Waals surface area (Å²) < 4.78 is 34.5. The second-order valence-electron chi connectivity index (χ2n) is 4.29. The fourth-order valence-corrected chi connectivity index (χ4v) is 1.48. The van der Waals surface area contributed by atoms with Crippen LogP contribution in [-0.2, 0) is 19.7 Å². The normalized spacial score (nSPS) is 15.1. The molecule has 0 aliphatic heterocycles. The summed E-state index contributed by atoms with van der Waals surface area (Å²) in [7, 11) is -3.95. The van der Waals surface area contributed by atoms with Crippen molar-refractivity contribution in [1.82, 2.24) is 0 Å². The Hall–Kier alpha value is -0.210. The smallest absolute Gasteiger partial charge is 0.264 e. The van der Waals surface area contributed by atoms with Gasteiger partial charge in [0.15, 0.2) is 6.29 Å². The van der Waals surface area contributed by atoms with E-state index in [1.807, 2.05) is 20.8 Å². The molecule has 2 N–H and O–H groups in total. The van der Waals surface area contributed by atoms with Crippen LogP contribution >= 0.6 is 0 Å². The predicted octanol–water partition coefficient (Wildman–Crippen LogP) is 1.53. The SMILES string of the molecule is CCC(C)(C)C(OO)OCCCS(=O)(=O)O. The van der Waals surface area contributed by atoms with E-state index in [0.717, 1.165) is 6.42 Å². The summed E-state index contributed by atoms with van der Waals surface area (Å²) in [6, 6.07) is 0. The molecule has 0 aliphatic rings. The highest BCUT2D eigenvalue weighted by Crippen LogP contribution is 2.27. The van der Waals surface area contributed by atoms with Crippen molar-refractivity contribution in [3.8, 4) is 0 Å². The minimum absolute atomic E-state index is 0.0917. The van der Waals surface area contributed by atoms with Crippen molar-refractivity contribution in [2.24, 2.45) is 5.41 Å². The molecule has 1 atom stereocenters. The van der Waals surface area contributed by atoms with Gasteiger partial charge in [-0.05, 0) is 12.8 Å². The molecule has 0 aromatic carbocycles. The van der Waals surface area contributed by atoms with Gasteiger partial charge >= 0.3 is 0 Å². The van der Waals surface area contributed by atoms with E-state index in [-0.39, 0.29) is 24.2 Å². The third kappa shape index (κ3) is 6.39. The van der Waals surface area contributed by atoms with Gasteiger partial charge < -0.3 is 4.74 Å². The molecule has 0 heterocycles. The van der Waals surface area contributed by atoms with E-state index in [0.29, 0.717) is 0 Å². The van der Waals surface area contributed by atoms with Gasteiger partial charge in [-0.25, -0.2) is 10.1 Å². The summed E-state index contributed by atoms with van der Waals surface area (Å²) in [5.41, 5.74) is -0.368. The largest absolute Gasteiger partial charge is 0.349 e. The van der Waals surface area contributed by atoms with Crippen LogP contribution in [0.4, 0.5) is 0 Å². The second kappa shape index (κ2) is 6.51. The monoisotopic (exact) mass is 256 g/mol. The number of hydrogen-bond donors (Lipinski definition) is 2. The predicted molar refractivity (Wildman–Crippen MR) is 58.6 cm³/mol. The Kier molecular flexibility index (Phi) is 6.42. The third-order valence-corrected chi connectivity index (χ3v) is 3.27. The minimum atomic E-state index is -3.95. The van der Waals surface area contributed by atoms with E-state index in [9.17, 15) is 8.42 Å². The van der Waals surface area contributed by atoms with Gasteiger partial charge in [0.1, 0.15) is 0 Å². The topological polar surface area (TPSA) is 93.1 Å². The summed E-state index contributed by atoms with van der Waals surface area (Å²) >= 11 is 0. The Labute approximate surface area is 96.2 Å². The highest BCUT2D eigenvalue weighted by Gasteiger charge is 2.29. The first-order valence-electron chi connectivity index (χ1n) is 5.10. The van der Waals surface area contributed by atoms with Crippen LogP contribution < -0.4 is 0 Å². The molecule has 0 aliphatic carbocycles.